The molecule has 1 heteroatoms. The standard InChI is InChI=1S/C46H37N/c1-45(2)43-29-37(22-24-40(43)42-26-25-39-38-16-10-9-13-32(38)19-23-41(39)44(42)46(45,3)4)47(35-20-17-30-11-5-7-14-33(30)27-35)36-21-18-31-12-6-8-15-34(31)28-36/h5-29H,1-4H3. The summed E-state index contributed by atoms with van der Waals surface area (Å²) in [5, 5.41) is 10.3. The van der Waals surface area contributed by atoms with Crippen LogP contribution in [-0.4, -0.2) is 0 Å². The Morgan fingerprint density at radius 3 is 1.51 bits per heavy atom. The molecule has 0 aromatic heterocycles. The first kappa shape index (κ1) is 27.9. The normalized spacial score (nSPS) is 14.7. The highest BCUT2D eigenvalue weighted by molar-refractivity contribution is 6.11. The monoisotopic (exact) mass is 603 g/mol. The van der Waals surface area contributed by atoms with Gasteiger partial charge in [0.1, 0.15) is 0 Å². The summed E-state index contributed by atoms with van der Waals surface area (Å²) >= 11 is 0. The topological polar surface area (TPSA) is 3.24 Å². The van der Waals surface area contributed by atoms with Crippen LogP contribution in [0, 0.1) is 0 Å². The molecule has 9 rings (SSSR count). The molecule has 226 valence electrons. The van der Waals surface area contributed by atoms with Crippen molar-refractivity contribution in [3.05, 3.63) is 163 Å². The van der Waals surface area contributed by atoms with Crippen LogP contribution in [-0.2, 0) is 10.8 Å². The number of hydrogen-bond donors (Lipinski definition) is 0. The lowest BCUT2D eigenvalue weighted by Gasteiger charge is -2.49. The zero-order valence-electron chi connectivity index (χ0n) is 27.4. The predicted octanol–water partition coefficient (Wildman–Crippen LogP) is 13.0. The van der Waals surface area contributed by atoms with Crippen LogP contribution in [0.1, 0.15) is 38.8 Å². The molecule has 0 radical (unpaired) electrons. The molecule has 47 heavy (non-hydrogen) atoms. The van der Waals surface area contributed by atoms with E-state index in [-0.39, 0.29) is 10.8 Å². The Morgan fingerprint density at radius 2 is 0.851 bits per heavy atom. The van der Waals surface area contributed by atoms with Crippen molar-refractivity contribution < 1.29 is 0 Å². The fraction of sp³-hybridized carbons (Fsp3) is 0.130. The molecule has 0 amide bonds. The van der Waals surface area contributed by atoms with E-state index in [9.17, 15) is 0 Å². The molecule has 0 atom stereocenters. The van der Waals surface area contributed by atoms with Gasteiger partial charge in [-0.25, -0.2) is 0 Å². The van der Waals surface area contributed by atoms with Crippen LogP contribution in [0.15, 0.2) is 152 Å². The Morgan fingerprint density at radius 1 is 0.362 bits per heavy atom. The van der Waals surface area contributed by atoms with Gasteiger partial charge >= 0.3 is 0 Å². The summed E-state index contributed by atoms with van der Waals surface area (Å²) in [5.74, 6) is 0. The Hall–Kier alpha value is -5.40. The highest BCUT2D eigenvalue weighted by Gasteiger charge is 2.47. The van der Waals surface area contributed by atoms with Gasteiger partial charge in [-0.2, -0.15) is 0 Å². The quantitative estimate of drug-likeness (QED) is 0.182. The van der Waals surface area contributed by atoms with Gasteiger partial charge in [-0.1, -0.05) is 143 Å². The van der Waals surface area contributed by atoms with Crippen molar-refractivity contribution >= 4 is 60.2 Å². The van der Waals surface area contributed by atoms with Crippen molar-refractivity contribution in [1.29, 1.82) is 0 Å². The summed E-state index contributed by atoms with van der Waals surface area (Å²) in [6.07, 6.45) is 0. The molecule has 1 aliphatic carbocycles. The minimum Gasteiger partial charge on any atom is -0.310 e. The van der Waals surface area contributed by atoms with Crippen molar-refractivity contribution in [2.45, 2.75) is 38.5 Å². The Labute approximate surface area is 276 Å². The molecule has 1 aliphatic rings. The van der Waals surface area contributed by atoms with Gasteiger partial charge in [0.05, 0.1) is 0 Å². The highest BCUT2D eigenvalue weighted by Crippen LogP contribution is 2.57. The van der Waals surface area contributed by atoms with Crippen LogP contribution >= 0.6 is 0 Å². The van der Waals surface area contributed by atoms with Gasteiger partial charge in [0.15, 0.2) is 0 Å². The second-order valence-corrected chi connectivity index (χ2v) is 14.2. The zero-order chi connectivity index (χ0) is 31.9. The molecule has 0 spiro atoms. The van der Waals surface area contributed by atoms with E-state index in [0.29, 0.717) is 0 Å². The van der Waals surface area contributed by atoms with Gasteiger partial charge in [0.25, 0.3) is 0 Å². The van der Waals surface area contributed by atoms with Crippen molar-refractivity contribution in [3.63, 3.8) is 0 Å². The van der Waals surface area contributed by atoms with E-state index >= 15 is 0 Å². The lowest BCUT2D eigenvalue weighted by molar-refractivity contribution is 0.301. The van der Waals surface area contributed by atoms with Crippen LogP contribution in [0.5, 0.6) is 0 Å². The van der Waals surface area contributed by atoms with Gasteiger partial charge in [0.2, 0.25) is 0 Å². The number of nitrogens with zero attached hydrogens (tertiary/aromatic N) is 1. The number of benzene rings is 8. The third-order valence-electron chi connectivity index (χ3n) is 11.3. The van der Waals surface area contributed by atoms with Gasteiger partial charge in [-0.3, -0.25) is 0 Å². The Kier molecular flexibility index (Phi) is 5.96. The summed E-state index contributed by atoms with van der Waals surface area (Å²) in [6, 6.07) is 56.2. The van der Waals surface area contributed by atoms with E-state index in [1.165, 1.54) is 71.0 Å². The van der Waals surface area contributed by atoms with Crippen LogP contribution in [0.4, 0.5) is 17.1 Å². The van der Waals surface area contributed by atoms with Crippen LogP contribution in [0.2, 0.25) is 0 Å². The SMILES string of the molecule is CC1(C)c2cc(N(c3ccc4ccccc4c3)c3ccc4ccccc4c3)ccc2-c2ccc3c(ccc4ccccc43)c2C1(C)C. The molecule has 8 aromatic rings. The molecule has 0 unspecified atom stereocenters. The van der Waals surface area contributed by atoms with Gasteiger partial charge < -0.3 is 4.90 Å². The lowest BCUT2D eigenvalue weighted by atomic mass is 9.54. The van der Waals surface area contributed by atoms with Crippen LogP contribution in [0.25, 0.3) is 54.2 Å². The molecule has 0 saturated heterocycles. The third kappa shape index (κ3) is 4.09. The summed E-state index contributed by atoms with van der Waals surface area (Å²) < 4.78 is 0. The number of anilines is 3. The first-order valence-electron chi connectivity index (χ1n) is 16.7. The fourth-order valence-electron chi connectivity index (χ4n) is 8.14. The van der Waals surface area contributed by atoms with Crippen molar-refractivity contribution in [3.8, 4) is 11.1 Å². The number of rotatable bonds is 3. The van der Waals surface area contributed by atoms with Gasteiger partial charge in [-0.15, -0.1) is 0 Å². The summed E-state index contributed by atoms with van der Waals surface area (Å²) in [6.45, 7) is 9.77. The summed E-state index contributed by atoms with van der Waals surface area (Å²) in [4.78, 5) is 2.43. The molecule has 0 N–H and O–H groups in total. The smallest absolute Gasteiger partial charge is 0.0468 e. The van der Waals surface area contributed by atoms with Crippen LogP contribution < -0.4 is 4.90 Å². The van der Waals surface area contributed by atoms with Crippen LogP contribution in [0.3, 0.4) is 0 Å². The summed E-state index contributed by atoms with van der Waals surface area (Å²) in [5.41, 5.74) is 8.76. The fourth-order valence-corrected chi connectivity index (χ4v) is 8.14. The second-order valence-electron chi connectivity index (χ2n) is 14.2. The minimum absolute atomic E-state index is 0.118. The predicted molar refractivity (Wildman–Crippen MR) is 203 cm³/mol. The molecule has 0 bridgehead atoms. The summed E-state index contributed by atoms with van der Waals surface area (Å²) in [7, 11) is 0. The van der Waals surface area contributed by atoms with E-state index in [0.717, 1.165) is 11.4 Å². The van der Waals surface area contributed by atoms with Crippen molar-refractivity contribution in [2.24, 2.45) is 0 Å². The maximum atomic E-state index is 2.47. The average molecular weight is 604 g/mol. The highest BCUT2D eigenvalue weighted by atomic mass is 15.1. The Balaban J connectivity index is 1.28. The van der Waals surface area contributed by atoms with E-state index in [4.69, 9.17) is 0 Å². The van der Waals surface area contributed by atoms with Gasteiger partial charge in [-0.05, 0) is 107 Å². The van der Waals surface area contributed by atoms with Crippen molar-refractivity contribution in [2.75, 3.05) is 4.90 Å². The number of hydrogen-bond acceptors (Lipinski definition) is 1. The maximum Gasteiger partial charge on any atom is 0.0468 e. The molecule has 1 nitrogen and oxygen atoms in total. The lowest BCUT2D eigenvalue weighted by Crippen LogP contribution is -2.43. The van der Waals surface area contributed by atoms with E-state index in [2.05, 4.69) is 184 Å². The largest absolute Gasteiger partial charge is 0.310 e. The maximum absolute atomic E-state index is 2.47. The van der Waals surface area contributed by atoms with E-state index < -0.39 is 0 Å². The zero-order valence-corrected chi connectivity index (χ0v) is 27.4. The first-order valence-corrected chi connectivity index (χ1v) is 16.7. The second kappa shape index (κ2) is 10.0. The molecule has 0 heterocycles. The van der Waals surface area contributed by atoms with E-state index in [1.807, 2.05) is 0 Å². The average Bonchev–Trinajstić information content (AvgIpc) is 3.10. The molecule has 0 aliphatic heterocycles. The van der Waals surface area contributed by atoms with Gasteiger partial charge in [0, 0.05) is 22.5 Å². The molecular weight excluding hydrogens is 567 g/mol. The molecule has 0 fully saturated rings. The minimum atomic E-state index is -0.135. The Bertz CT molecular complexity index is 2450. The van der Waals surface area contributed by atoms with E-state index in [1.54, 1.807) is 0 Å². The third-order valence-corrected chi connectivity index (χ3v) is 11.3. The van der Waals surface area contributed by atoms with Crippen molar-refractivity contribution in [1.82, 2.24) is 0 Å². The molecular formula is C46H37N. The first-order chi connectivity index (χ1) is 22.8. The molecule has 0 saturated carbocycles. The number of fused-ring (bicyclic) bond motifs is 9. The molecule has 8 aromatic carbocycles.